The van der Waals surface area contributed by atoms with E-state index in [-0.39, 0.29) is 13.2 Å². The molecular formula is C13H16N2O3. The van der Waals surface area contributed by atoms with Crippen molar-refractivity contribution in [2.45, 2.75) is 13.5 Å². The van der Waals surface area contributed by atoms with Gasteiger partial charge < -0.3 is 9.47 Å². The van der Waals surface area contributed by atoms with Crippen molar-refractivity contribution in [1.82, 2.24) is 4.90 Å². The number of rotatable bonds is 5. The summed E-state index contributed by atoms with van der Waals surface area (Å²) in [5.41, 5.74) is 0.872. The molecule has 18 heavy (non-hydrogen) atoms. The SMILES string of the molecule is CCOc1ccc(COC(=O)N(C)CC#N)cc1. The molecule has 5 heteroatoms. The van der Waals surface area contributed by atoms with E-state index in [0.717, 1.165) is 11.3 Å². The second-order valence-electron chi connectivity index (χ2n) is 3.65. The van der Waals surface area contributed by atoms with Gasteiger partial charge in [0.15, 0.2) is 0 Å². The van der Waals surface area contributed by atoms with E-state index in [1.165, 1.54) is 11.9 Å². The summed E-state index contributed by atoms with van der Waals surface area (Å²) in [7, 11) is 1.52. The predicted molar refractivity (Wildman–Crippen MR) is 66.0 cm³/mol. The largest absolute Gasteiger partial charge is 0.494 e. The Kier molecular flexibility index (Phi) is 5.52. The second kappa shape index (κ2) is 7.17. The van der Waals surface area contributed by atoms with Gasteiger partial charge in [0.2, 0.25) is 0 Å². The van der Waals surface area contributed by atoms with Gasteiger partial charge in [-0.2, -0.15) is 5.26 Å². The van der Waals surface area contributed by atoms with E-state index >= 15 is 0 Å². The van der Waals surface area contributed by atoms with Gasteiger partial charge in [-0.1, -0.05) is 12.1 Å². The minimum absolute atomic E-state index is 0.0160. The summed E-state index contributed by atoms with van der Waals surface area (Å²) < 4.78 is 10.3. The van der Waals surface area contributed by atoms with Crippen molar-refractivity contribution in [2.75, 3.05) is 20.2 Å². The van der Waals surface area contributed by atoms with Crippen LogP contribution in [0, 0.1) is 11.3 Å². The van der Waals surface area contributed by atoms with Crippen molar-refractivity contribution in [3.05, 3.63) is 29.8 Å². The van der Waals surface area contributed by atoms with E-state index in [2.05, 4.69) is 0 Å². The zero-order valence-electron chi connectivity index (χ0n) is 10.5. The van der Waals surface area contributed by atoms with Crippen molar-refractivity contribution < 1.29 is 14.3 Å². The molecule has 0 saturated carbocycles. The molecule has 0 aromatic heterocycles. The number of benzene rings is 1. The maximum absolute atomic E-state index is 11.4. The number of nitrogens with zero attached hydrogens (tertiary/aromatic N) is 2. The highest BCUT2D eigenvalue weighted by molar-refractivity contribution is 5.67. The summed E-state index contributed by atoms with van der Waals surface area (Å²) >= 11 is 0. The number of nitriles is 1. The first-order valence-corrected chi connectivity index (χ1v) is 5.64. The molecule has 5 nitrogen and oxygen atoms in total. The molecule has 0 aliphatic carbocycles. The van der Waals surface area contributed by atoms with Crippen molar-refractivity contribution in [3.63, 3.8) is 0 Å². The molecule has 0 saturated heterocycles. The molecule has 0 radical (unpaired) electrons. The Morgan fingerprint density at radius 3 is 2.61 bits per heavy atom. The summed E-state index contributed by atoms with van der Waals surface area (Å²) in [6.07, 6.45) is -0.509. The average Bonchev–Trinajstić information content (AvgIpc) is 2.38. The van der Waals surface area contributed by atoms with Gasteiger partial charge in [0, 0.05) is 7.05 Å². The van der Waals surface area contributed by atoms with Crippen LogP contribution < -0.4 is 4.74 Å². The Morgan fingerprint density at radius 2 is 2.06 bits per heavy atom. The first-order chi connectivity index (χ1) is 8.67. The minimum Gasteiger partial charge on any atom is -0.494 e. The van der Waals surface area contributed by atoms with E-state index in [9.17, 15) is 4.79 Å². The summed E-state index contributed by atoms with van der Waals surface area (Å²) in [6, 6.07) is 9.20. The molecule has 96 valence electrons. The van der Waals surface area contributed by atoms with Crippen LogP contribution in [-0.2, 0) is 11.3 Å². The molecule has 0 spiro atoms. The summed E-state index contributed by atoms with van der Waals surface area (Å²) in [4.78, 5) is 12.6. The maximum Gasteiger partial charge on any atom is 0.410 e. The smallest absolute Gasteiger partial charge is 0.410 e. The fourth-order valence-corrected chi connectivity index (χ4v) is 1.27. The fraction of sp³-hybridized carbons (Fsp3) is 0.385. The van der Waals surface area contributed by atoms with Crippen molar-refractivity contribution in [1.29, 1.82) is 5.26 Å². The number of ether oxygens (including phenoxy) is 2. The third-order valence-corrected chi connectivity index (χ3v) is 2.22. The highest BCUT2D eigenvalue weighted by Crippen LogP contribution is 2.12. The fourth-order valence-electron chi connectivity index (χ4n) is 1.27. The molecule has 0 heterocycles. The van der Waals surface area contributed by atoms with Gasteiger partial charge in [-0.15, -0.1) is 0 Å². The number of carbonyl (C=O) groups is 1. The van der Waals surface area contributed by atoms with Crippen LogP contribution in [-0.4, -0.2) is 31.2 Å². The summed E-state index contributed by atoms with van der Waals surface area (Å²) in [6.45, 7) is 2.73. The molecule has 0 unspecified atom stereocenters. The minimum atomic E-state index is -0.509. The number of hydrogen-bond acceptors (Lipinski definition) is 4. The number of carbonyl (C=O) groups excluding carboxylic acids is 1. The maximum atomic E-state index is 11.4. The zero-order valence-corrected chi connectivity index (χ0v) is 10.5. The topological polar surface area (TPSA) is 62.6 Å². The van der Waals surface area contributed by atoms with Crippen molar-refractivity contribution in [3.8, 4) is 11.8 Å². The van der Waals surface area contributed by atoms with Crippen LogP contribution in [0.3, 0.4) is 0 Å². The Labute approximate surface area is 107 Å². The van der Waals surface area contributed by atoms with Gasteiger partial charge in [0.05, 0.1) is 12.7 Å². The van der Waals surface area contributed by atoms with Gasteiger partial charge in [0.25, 0.3) is 0 Å². The summed E-state index contributed by atoms with van der Waals surface area (Å²) in [5.74, 6) is 0.786. The lowest BCUT2D eigenvalue weighted by Gasteiger charge is -2.13. The Bertz CT molecular complexity index is 423. The van der Waals surface area contributed by atoms with Crippen LogP contribution in [0.1, 0.15) is 12.5 Å². The van der Waals surface area contributed by atoms with Crippen molar-refractivity contribution in [2.24, 2.45) is 0 Å². The third kappa shape index (κ3) is 4.34. The molecule has 0 fully saturated rings. The van der Waals surface area contributed by atoms with E-state index < -0.39 is 6.09 Å². The van der Waals surface area contributed by atoms with Gasteiger partial charge in [-0.25, -0.2) is 4.79 Å². The predicted octanol–water partition coefficient (Wildman–Crippen LogP) is 2.18. The Balaban J connectivity index is 2.44. The lowest BCUT2D eigenvalue weighted by Crippen LogP contribution is -2.27. The Hall–Kier alpha value is -2.22. The van der Waals surface area contributed by atoms with Crippen LogP contribution >= 0.6 is 0 Å². The molecular weight excluding hydrogens is 232 g/mol. The van der Waals surface area contributed by atoms with Crippen LogP contribution in [0.15, 0.2) is 24.3 Å². The van der Waals surface area contributed by atoms with Crippen molar-refractivity contribution >= 4 is 6.09 Å². The second-order valence-corrected chi connectivity index (χ2v) is 3.65. The number of amides is 1. The molecule has 0 aliphatic rings. The van der Waals surface area contributed by atoms with E-state index in [0.29, 0.717) is 6.61 Å². The lowest BCUT2D eigenvalue weighted by atomic mass is 10.2. The van der Waals surface area contributed by atoms with E-state index in [1.54, 1.807) is 0 Å². The highest BCUT2D eigenvalue weighted by atomic mass is 16.6. The normalized spacial score (nSPS) is 9.39. The average molecular weight is 248 g/mol. The molecule has 1 aromatic rings. The molecule has 1 rings (SSSR count). The van der Waals surface area contributed by atoms with E-state index in [4.69, 9.17) is 14.7 Å². The monoisotopic (exact) mass is 248 g/mol. The molecule has 0 aliphatic heterocycles. The van der Waals surface area contributed by atoms with Gasteiger partial charge in [0.1, 0.15) is 18.9 Å². The molecule has 0 N–H and O–H groups in total. The van der Waals surface area contributed by atoms with Crippen LogP contribution in [0.25, 0.3) is 0 Å². The highest BCUT2D eigenvalue weighted by Gasteiger charge is 2.08. The number of hydrogen-bond donors (Lipinski definition) is 0. The van der Waals surface area contributed by atoms with Crippen LogP contribution in [0.4, 0.5) is 4.79 Å². The van der Waals surface area contributed by atoms with Gasteiger partial charge in [-0.05, 0) is 24.6 Å². The first-order valence-electron chi connectivity index (χ1n) is 5.64. The van der Waals surface area contributed by atoms with E-state index in [1.807, 2.05) is 37.3 Å². The first kappa shape index (κ1) is 13.8. The quantitative estimate of drug-likeness (QED) is 0.749. The van der Waals surface area contributed by atoms with Crippen LogP contribution in [0.2, 0.25) is 0 Å². The third-order valence-electron chi connectivity index (χ3n) is 2.22. The summed E-state index contributed by atoms with van der Waals surface area (Å²) in [5, 5.41) is 8.44. The molecule has 0 atom stereocenters. The van der Waals surface area contributed by atoms with Crippen LogP contribution in [0.5, 0.6) is 5.75 Å². The zero-order chi connectivity index (χ0) is 13.4. The molecule has 1 amide bonds. The molecule has 0 bridgehead atoms. The lowest BCUT2D eigenvalue weighted by molar-refractivity contribution is 0.108. The molecule has 1 aromatic carbocycles. The standard InChI is InChI=1S/C13H16N2O3/c1-3-17-12-6-4-11(5-7-12)10-18-13(16)15(2)9-8-14/h4-7H,3,9-10H2,1-2H3. The van der Waals surface area contributed by atoms with Gasteiger partial charge in [-0.3, -0.25) is 4.90 Å². The van der Waals surface area contributed by atoms with Gasteiger partial charge >= 0.3 is 6.09 Å². The Morgan fingerprint density at radius 1 is 1.39 bits per heavy atom.